The number of carbonyl (C=O) groups excluding carboxylic acids is 2. The molecule has 156 valence electrons. The van der Waals surface area contributed by atoms with Gasteiger partial charge in [-0.2, -0.15) is 0 Å². The van der Waals surface area contributed by atoms with Crippen LogP contribution in [0.3, 0.4) is 0 Å². The van der Waals surface area contributed by atoms with Crippen molar-refractivity contribution < 1.29 is 19.4 Å². The van der Waals surface area contributed by atoms with E-state index in [1.54, 1.807) is 6.08 Å². The topological polar surface area (TPSA) is 66.8 Å². The number of aliphatic hydroxyl groups excluding tert-OH is 1. The summed E-state index contributed by atoms with van der Waals surface area (Å²) < 4.78 is 5.53. The van der Waals surface area contributed by atoms with E-state index >= 15 is 0 Å². The van der Waals surface area contributed by atoms with Gasteiger partial charge < -0.3 is 9.84 Å². The molecular formula is C24H31NO4. The van der Waals surface area contributed by atoms with Gasteiger partial charge in [0.05, 0.1) is 18.1 Å². The zero-order valence-electron chi connectivity index (χ0n) is 17.5. The fourth-order valence-corrected chi connectivity index (χ4v) is 4.00. The lowest BCUT2D eigenvalue weighted by atomic mass is 9.89. The Bertz CT molecular complexity index is 783. The second kappa shape index (κ2) is 9.40. The summed E-state index contributed by atoms with van der Waals surface area (Å²) in [6.45, 7) is 5.56. The fraction of sp³-hybridized carbons (Fsp3) is 0.500. The molecule has 1 aliphatic heterocycles. The molecule has 1 heterocycles. The minimum absolute atomic E-state index is 0.118. The molecule has 1 aromatic carbocycles. The van der Waals surface area contributed by atoms with E-state index in [-0.39, 0.29) is 5.92 Å². The number of nitrogens with zero attached hydrogens (tertiary/aromatic N) is 1. The molecule has 29 heavy (non-hydrogen) atoms. The summed E-state index contributed by atoms with van der Waals surface area (Å²) in [6, 6.07) is 8.99. The van der Waals surface area contributed by atoms with Gasteiger partial charge in [0, 0.05) is 0 Å². The Labute approximate surface area is 173 Å². The number of rotatable bonds is 6. The number of allylic oxidation sites excluding steroid dienone is 3. The molecule has 0 radical (unpaired) electrons. The van der Waals surface area contributed by atoms with Crippen LogP contribution in [-0.4, -0.2) is 34.2 Å². The molecule has 0 spiro atoms. The Hall–Kier alpha value is -2.40. The molecule has 1 N–H and O–H groups in total. The van der Waals surface area contributed by atoms with Crippen LogP contribution in [0, 0.1) is 11.8 Å². The molecular weight excluding hydrogens is 366 g/mol. The van der Waals surface area contributed by atoms with Gasteiger partial charge >= 0.3 is 6.09 Å². The van der Waals surface area contributed by atoms with Crippen LogP contribution in [0.4, 0.5) is 4.79 Å². The van der Waals surface area contributed by atoms with Crippen LogP contribution < -0.4 is 0 Å². The van der Waals surface area contributed by atoms with Gasteiger partial charge in [0.2, 0.25) is 5.91 Å². The van der Waals surface area contributed by atoms with E-state index in [2.05, 4.69) is 6.08 Å². The molecule has 1 aliphatic carbocycles. The predicted molar refractivity (Wildman–Crippen MR) is 112 cm³/mol. The number of benzene rings is 1. The van der Waals surface area contributed by atoms with E-state index in [1.807, 2.05) is 57.2 Å². The van der Waals surface area contributed by atoms with Gasteiger partial charge in [0.25, 0.3) is 0 Å². The number of cyclic esters (lactones) is 1. The van der Waals surface area contributed by atoms with Gasteiger partial charge in [-0.1, -0.05) is 68.0 Å². The van der Waals surface area contributed by atoms with Crippen LogP contribution in [0.25, 0.3) is 0 Å². The van der Waals surface area contributed by atoms with Crippen molar-refractivity contribution in [3.63, 3.8) is 0 Å². The third-order valence-corrected chi connectivity index (χ3v) is 5.82. The molecule has 1 saturated heterocycles. The molecule has 0 bridgehead atoms. The SMILES string of the molecule is CC(C)[C@H](O)[C@@H](/C=C/C1=CCCCC1)C(=O)N1C(=O)O[C@@H](c2ccccc2)[C@H]1C. The van der Waals surface area contributed by atoms with E-state index in [0.717, 1.165) is 24.8 Å². The van der Waals surface area contributed by atoms with E-state index in [1.165, 1.54) is 16.9 Å². The molecule has 0 unspecified atom stereocenters. The number of hydrogen-bond acceptors (Lipinski definition) is 4. The Kier molecular flexibility index (Phi) is 6.91. The average molecular weight is 398 g/mol. The summed E-state index contributed by atoms with van der Waals surface area (Å²) in [5, 5.41) is 10.7. The fourth-order valence-electron chi connectivity index (χ4n) is 4.00. The van der Waals surface area contributed by atoms with Gasteiger partial charge in [-0.05, 0) is 44.1 Å². The van der Waals surface area contributed by atoms with Crippen molar-refractivity contribution in [1.29, 1.82) is 0 Å². The van der Waals surface area contributed by atoms with Crippen molar-refractivity contribution in [2.75, 3.05) is 0 Å². The first kappa shape index (κ1) is 21.3. The van der Waals surface area contributed by atoms with Crippen LogP contribution in [0.15, 0.2) is 54.1 Å². The minimum atomic E-state index is -0.876. The second-order valence-electron chi connectivity index (χ2n) is 8.31. The molecule has 5 heteroatoms. The van der Waals surface area contributed by atoms with Crippen molar-refractivity contribution in [3.8, 4) is 0 Å². The van der Waals surface area contributed by atoms with Crippen LogP contribution in [0.5, 0.6) is 0 Å². The highest BCUT2D eigenvalue weighted by atomic mass is 16.6. The van der Waals surface area contributed by atoms with Gasteiger partial charge in [0.1, 0.15) is 6.10 Å². The normalized spacial score (nSPS) is 24.5. The summed E-state index contributed by atoms with van der Waals surface area (Å²) >= 11 is 0. The molecule has 5 nitrogen and oxygen atoms in total. The monoisotopic (exact) mass is 397 g/mol. The van der Waals surface area contributed by atoms with Gasteiger partial charge in [-0.3, -0.25) is 4.79 Å². The number of hydrogen-bond donors (Lipinski definition) is 1. The number of carbonyl (C=O) groups is 2. The molecule has 1 fully saturated rings. The lowest BCUT2D eigenvalue weighted by Gasteiger charge is -2.27. The van der Waals surface area contributed by atoms with Crippen LogP contribution in [0.2, 0.25) is 0 Å². The smallest absolute Gasteiger partial charge is 0.417 e. The number of aliphatic hydroxyl groups is 1. The van der Waals surface area contributed by atoms with Crippen molar-refractivity contribution in [2.45, 2.75) is 64.7 Å². The van der Waals surface area contributed by atoms with Gasteiger partial charge in [-0.15, -0.1) is 0 Å². The number of amides is 2. The third kappa shape index (κ3) is 4.78. The van der Waals surface area contributed by atoms with Crippen LogP contribution >= 0.6 is 0 Å². The second-order valence-corrected chi connectivity index (χ2v) is 8.31. The largest absolute Gasteiger partial charge is 0.439 e. The van der Waals surface area contributed by atoms with E-state index in [4.69, 9.17) is 4.74 Å². The maximum Gasteiger partial charge on any atom is 0.417 e. The molecule has 4 atom stereocenters. The maximum atomic E-state index is 13.4. The quantitative estimate of drug-likeness (QED) is 0.750. The predicted octanol–water partition coefficient (Wildman–Crippen LogP) is 4.78. The van der Waals surface area contributed by atoms with Gasteiger partial charge in [-0.25, -0.2) is 9.69 Å². The Balaban J connectivity index is 1.83. The van der Waals surface area contributed by atoms with Crippen molar-refractivity contribution in [1.82, 2.24) is 4.90 Å². The molecule has 3 rings (SSSR count). The molecule has 0 saturated carbocycles. The standard InChI is InChI=1S/C24H31NO4/c1-16(2)21(26)20(15-14-18-10-6-4-7-11-18)23(27)25-17(3)22(29-24(25)28)19-12-8-5-9-13-19/h5,8-10,12-17,20-22,26H,4,6-7,11H2,1-3H3/b15-14+/t17-,20-,21+,22-/m1/s1. The third-order valence-electron chi connectivity index (χ3n) is 5.82. The lowest BCUT2D eigenvalue weighted by molar-refractivity contribution is -0.135. The zero-order valence-corrected chi connectivity index (χ0v) is 17.5. The summed E-state index contributed by atoms with van der Waals surface area (Å²) in [6.07, 6.45) is 8.19. The van der Waals surface area contributed by atoms with Crippen LogP contribution in [-0.2, 0) is 9.53 Å². The maximum absolute atomic E-state index is 13.4. The highest BCUT2D eigenvalue weighted by molar-refractivity contribution is 5.96. The first-order chi connectivity index (χ1) is 13.9. The van der Waals surface area contributed by atoms with Crippen molar-refractivity contribution >= 4 is 12.0 Å². The number of ether oxygens (including phenoxy) is 1. The van der Waals surface area contributed by atoms with E-state index in [9.17, 15) is 14.7 Å². The number of imide groups is 1. The highest BCUT2D eigenvalue weighted by Crippen LogP contribution is 2.34. The summed E-state index contributed by atoms with van der Waals surface area (Å²) in [4.78, 5) is 27.1. The molecule has 1 aromatic rings. The lowest BCUT2D eigenvalue weighted by Crippen LogP contribution is -2.45. The minimum Gasteiger partial charge on any atom is -0.439 e. The summed E-state index contributed by atoms with van der Waals surface area (Å²) in [5.41, 5.74) is 2.04. The summed E-state index contributed by atoms with van der Waals surface area (Å²) in [7, 11) is 0. The Morgan fingerprint density at radius 3 is 2.59 bits per heavy atom. The van der Waals surface area contributed by atoms with Crippen LogP contribution in [0.1, 0.15) is 58.1 Å². The van der Waals surface area contributed by atoms with Gasteiger partial charge in [0.15, 0.2) is 0 Å². The van der Waals surface area contributed by atoms with E-state index in [0.29, 0.717) is 0 Å². The van der Waals surface area contributed by atoms with E-state index < -0.39 is 36.2 Å². The van der Waals surface area contributed by atoms with Crippen molar-refractivity contribution in [3.05, 3.63) is 59.7 Å². The molecule has 2 aliphatic rings. The highest BCUT2D eigenvalue weighted by Gasteiger charge is 2.46. The first-order valence-corrected chi connectivity index (χ1v) is 10.5. The molecule has 2 amide bonds. The zero-order chi connectivity index (χ0) is 21.0. The first-order valence-electron chi connectivity index (χ1n) is 10.5. The molecule has 0 aromatic heterocycles. The Morgan fingerprint density at radius 2 is 1.97 bits per heavy atom. The van der Waals surface area contributed by atoms with Crippen molar-refractivity contribution in [2.24, 2.45) is 11.8 Å². The Morgan fingerprint density at radius 1 is 1.24 bits per heavy atom. The average Bonchev–Trinajstić information content (AvgIpc) is 3.03. The summed E-state index contributed by atoms with van der Waals surface area (Å²) in [5.74, 6) is -1.31.